The number of anilines is 2. The lowest BCUT2D eigenvalue weighted by atomic mass is 10.1. The van der Waals surface area contributed by atoms with E-state index in [1.807, 2.05) is 6.07 Å². The van der Waals surface area contributed by atoms with Crippen molar-refractivity contribution in [3.63, 3.8) is 0 Å². The van der Waals surface area contributed by atoms with Crippen LogP contribution in [0.15, 0.2) is 47.8 Å². The number of ether oxygens (including phenoxy) is 1. The molecule has 0 saturated carbocycles. The van der Waals surface area contributed by atoms with Gasteiger partial charge < -0.3 is 9.64 Å². The second-order valence-corrected chi connectivity index (χ2v) is 9.47. The third-order valence-electron chi connectivity index (χ3n) is 4.36. The number of carbonyl (C=O) groups excluding carboxylic acids is 1. The maximum absolute atomic E-state index is 12.4. The smallest absolute Gasteiger partial charge is 0.264 e. The first-order valence-corrected chi connectivity index (χ1v) is 11.5. The summed E-state index contributed by atoms with van der Waals surface area (Å²) in [5.41, 5.74) is 2.64. The average molecular weight is 450 g/mol. The largest absolute Gasteiger partial charge is 0.482 e. The fourth-order valence-electron chi connectivity index (χ4n) is 2.85. The summed E-state index contributed by atoms with van der Waals surface area (Å²) in [5, 5.41) is 2.58. The minimum Gasteiger partial charge on any atom is -0.482 e. The molecule has 0 radical (unpaired) electrons. The summed E-state index contributed by atoms with van der Waals surface area (Å²) < 4.78 is 32.8. The van der Waals surface area contributed by atoms with Gasteiger partial charge in [-0.2, -0.15) is 0 Å². The van der Waals surface area contributed by atoms with Crippen LogP contribution in [0.4, 0.5) is 10.8 Å². The predicted octanol–water partition coefficient (Wildman–Crippen LogP) is 3.76. The van der Waals surface area contributed by atoms with Gasteiger partial charge in [0.25, 0.3) is 5.91 Å². The van der Waals surface area contributed by atoms with Crippen molar-refractivity contribution in [1.29, 1.82) is 0 Å². The Morgan fingerprint density at radius 3 is 2.76 bits per heavy atom. The highest BCUT2D eigenvalue weighted by molar-refractivity contribution is 7.92. The molecule has 0 bridgehead atoms. The normalized spacial score (nSPS) is 13.7. The van der Waals surface area contributed by atoms with Gasteiger partial charge in [0.2, 0.25) is 10.0 Å². The molecule has 0 fully saturated rings. The maximum Gasteiger partial charge on any atom is 0.264 e. The molecule has 150 valence electrons. The molecule has 3 aromatic rings. The number of halogens is 1. The van der Waals surface area contributed by atoms with Crippen molar-refractivity contribution in [1.82, 2.24) is 4.98 Å². The Morgan fingerprint density at radius 1 is 1.24 bits per heavy atom. The molecule has 7 nitrogen and oxygen atoms in total. The van der Waals surface area contributed by atoms with Gasteiger partial charge in [0.1, 0.15) is 5.75 Å². The molecule has 0 unspecified atom stereocenters. The number of sulfonamides is 1. The number of amides is 1. The third kappa shape index (κ3) is 4.36. The van der Waals surface area contributed by atoms with Gasteiger partial charge in [0.15, 0.2) is 11.7 Å². The van der Waals surface area contributed by atoms with Crippen LogP contribution in [-0.2, 0) is 20.6 Å². The first kappa shape index (κ1) is 19.7. The minimum absolute atomic E-state index is 0.0130. The lowest BCUT2D eigenvalue weighted by Gasteiger charge is -2.26. The molecule has 4 rings (SSSR count). The Morgan fingerprint density at radius 2 is 2.00 bits per heavy atom. The lowest BCUT2D eigenvalue weighted by molar-refractivity contribution is -0.120. The number of aromatic nitrogens is 1. The van der Waals surface area contributed by atoms with Crippen molar-refractivity contribution in [2.24, 2.45) is 0 Å². The zero-order valence-corrected chi connectivity index (χ0v) is 17.6. The van der Waals surface area contributed by atoms with E-state index < -0.39 is 10.0 Å². The molecule has 0 aliphatic carbocycles. The quantitative estimate of drug-likeness (QED) is 0.640. The van der Waals surface area contributed by atoms with Crippen molar-refractivity contribution >= 4 is 49.7 Å². The molecule has 29 heavy (non-hydrogen) atoms. The van der Waals surface area contributed by atoms with E-state index >= 15 is 0 Å². The second-order valence-electron chi connectivity index (χ2n) is 6.45. The monoisotopic (exact) mass is 449 g/mol. The van der Waals surface area contributed by atoms with Gasteiger partial charge in [-0.05, 0) is 35.9 Å². The second kappa shape index (κ2) is 7.66. The molecule has 1 aliphatic rings. The van der Waals surface area contributed by atoms with Crippen LogP contribution >= 0.6 is 22.9 Å². The van der Waals surface area contributed by atoms with E-state index in [1.165, 1.54) is 16.2 Å². The van der Waals surface area contributed by atoms with E-state index in [4.69, 9.17) is 16.3 Å². The van der Waals surface area contributed by atoms with Crippen LogP contribution < -0.4 is 14.4 Å². The highest BCUT2D eigenvalue weighted by Crippen LogP contribution is 2.36. The number of thiazole rings is 1. The predicted molar refractivity (Wildman–Crippen MR) is 114 cm³/mol. The molecule has 1 amide bonds. The van der Waals surface area contributed by atoms with E-state index in [0.29, 0.717) is 27.7 Å². The zero-order chi connectivity index (χ0) is 20.6. The average Bonchev–Trinajstić information content (AvgIpc) is 3.14. The van der Waals surface area contributed by atoms with Gasteiger partial charge >= 0.3 is 0 Å². The van der Waals surface area contributed by atoms with Crippen molar-refractivity contribution < 1.29 is 17.9 Å². The van der Waals surface area contributed by atoms with Gasteiger partial charge in [0.05, 0.1) is 17.1 Å². The van der Waals surface area contributed by atoms with Crippen molar-refractivity contribution in [2.75, 3.05) is 23.3 Å². The Labute approximate surface area is 177 Å². The van der Waals surface area contributed by atoms with Crippen LogP contribution in [0.3, 0.4) is 0 Å². The van der Waals surface area contributed by atoms with Crippen molar-refractivity contribution in [3.05, 3.63) is 58.4 Å². The van der Waals surface area contributed by atoms with E-state index in [1.54, 1.807) is 48.8 Å². The molecule has 10 heteroatoms. The van der Waals surface area contributed by atoms with Crippen LogP contribution in [0.5, 0.6) is 5.75 Å². The Kier molecular flexibility index (Phi) is 5.20. The third-order valence-corrected chi connectivity index (χ3v) is 6.71. The van der Waals surface area contributed by atoms with E-state index in [9.17, 15) is 13.2 Å². The number of fused-ring (bicyclic) bond motifs is 1. The molecule has 1 aliphatic heterocycles. The summed E-state index contributed by atoms with van der Waals surface area (Å²) in [6, 6.07) is 12.0. The maximum atomic E-state index is 12.4. The van der Waals surface area contributed by atoms with Gasteiger partial charge in [-0.3, -0.25) is 9.52 Å². The number of benzene rings is 2. The summed E-state index contributed by atoms with van der Waals surface area (Å²) in [6.45, 7) is 0.0130. The van der Waals surface area contributed by atoms with E-state index in [2.05, 4.69) is 9.71 Å². The highest BCUT2D eigenvalue weighted by Gasteiger charge is 2.23. The minimum atomic E-state index is -3.62. The number of likely N-dealkylation sites (N-methyl/N-ethyl adjacent to an activating group) is 1. The molecule has 1 aromatic heterocycles. The number of hydrogen-bond donors (Lipinski definition) is 1. The lowest BCUT2D eigenvalue weighted by Crippen LogP contribution is -2.35. The van der Waals surface area contributed by atoms with Crippen molar-refractivity contribution in [3.8, 4) is 17.0 Å². The summed E-state index contributed by atoms with van der Waals surface area (Å²) in [4.78, 5) is 17.7. The SMILES string of the molecule is CN1C(=O)COc2ccc(-c3csc(NS(=O)(=O)Cc4ccc(Cl)cc4)n3)cc21. The van der Waals surface area contributed by atoms with E-state index in [0.717, 1.165) is 5.56 Å². The number of hydrogen-bond acceptors (Lipinski definition) is 6. The van der Waals surface area contributed by atoms with Crippen LogP contribution in [0.25, 0.3) is 11.3 Å². The van der Waals surface area contributed by atoms with E-state index in [-0.39, 0.29) is 23.4 Å². The molecular weight excluding hydrogens is 434 g/mol. The number of nitrogens with one attached hydrogen (secondary N) is 1. The first-order chi connectivity index (χ1) is 13.8. The Bertz CT molecular complexity index is 1180. The van der Waals surface area contributed by atoms with Gasteiger partial charge in [-0.25, -0.2) is 13.4 Å². The van der Waals surface area contributed by atoms with Crippen LogP contribution in [-0.4, -0.2) is 33.0 Å². The molecule has 1 N–H and O–H groups in total. The number of nitrogens with zero attached hydrogens (tertiary/aromatic N) is 2. The fourth-order valence-corrected chi connectivity index (χ4v) is 5.13. The summed E-state index contributed by atoms with van der Waals surface area (Å²) in [7, 11) is -1.93. The van der Waals surface area contributed by atoms with Crippen LogP contribution in [0, 0.1) is 0 Å². The van der Waals surface area contributed by atoms with Gasteiger partial charge in [0, 0.05) is 23.0 Å². The fraction of sp³-hybridized carbons (Fsp3) is 0.158. The molecule has 0 saturated heterocycles. The summed E-state index contributed by atoms with van der Waals surface area (Å²) in [5.74, 6) is 0.306. The topological polar surface area (TPSA) is 88.6 Å². The van der Waals surface area contributed by atoms with Crippen molar-refractivity contribution in [2.45, 2.75) is 5.75 Å². The summed E-state index contributed by atoms with van der Waals surface area (Å²) >= 11 is 7.02. The first-order valence-electron chi connectivity index (χ1n) is 8.55. The molecule has 2 heterocycles. The van der Waals surface area contributed by atoms with Crippen LogP contribution in [0.1, 0.15) is 5.56 Å². The Balaban J connectivity index is 1.53. The standard InChI is InChI=1S/C19H16ClN3O4S2/c1-23-16-8-13(4-7-17(16)27-9-18(23)24)15-10-28-19(21-15)22-29(25,26)11-12-2-5-14(20)6-3-12/h2-8,10H,9,11H2,1H3,(H,21,22). The Hall–Kier alpha value is -2.62. The number of carbonyl (C=O) groups is 1. The summed E-state index contributed by atoms with van der Waals surface area (Å²) in [6.07, 6.45) is 0. The number of rotatable bonds is 5. The van der Waals surface area contributed by atoms with Gasteiger partial charge in [-0.1, -0.05) is 23.7 Å². The highest BCUT2D eigenvalue weighted by atomic mass is 35.5. The molecule has 2 aromatic carbocycles. The van der Waals surface area contributed by atoms with Crippen LogP contribution in [0.2, 0.25) is 5.02 Å². The molecule has 0 atom stereocenters. The zero-order valence-electron chi connectivity index (χ0n) is 15.3. The molecular formula is C19H16ClN3O4S2. The van der Waals surface area contributed by atoms with Gasteiger partial charge in [-0.15, -0.1) is 11.3 Å². The molecule has 0 spiro atoms.